The van der Waals surface area contributed by atoms with Gasteiger partial charge in [0.2, 0.25) is 0 Å². The van der Waals surface area contributed by atoms with Gasteiger partial charge in [0, 0.05) is 6.04 Å². The predicted octanol–water partition coefficient (Wildman–Crippen LogP) is 1.70. The van der Waals surface area contributed by atoms with Gasteiger partial charge in [0.15, 0.2) is 5.82 Å². The molecule has 0 atom stereocenters. The topological polar surface area (TPSA) is 64.9 Å². The molecule has 3 rings (SSSR count). The average Bonchev–Trinajstić information content (AvgIpc) is 3.20. The molecule has 0 spiro atoms. The summed E-state index contributed by atoms with van der Waals surface area (Å²) in [5.74, 6) is 1.71. The molecule has 1 fully saturated rings. The summed E-state index contributed by atoms with van der Waals surface area (Å²) in [5.41, 5.74) is 0.950. The lowest BCUT2D eigenvalue weighted by Gasteiger charge is -2.07. The molecule has 0 amide bonds. The molecular formula is C14H19N5O. The van der Waals surface area contributed by atoms with Gasteiger partial charge >= 0.3 is 0 Å². The minimum Gasteiger partial charge on any atom is -0.494 e. The number of benzene rings is 1. The molecule has 106 valence electrons. The minimum atomic E-state index is 0.643. The van der Waals surface area contributed by atoms with E-state index in [1.54, 1.807) is 4.68 Å². The van der Waals surface area contributed by atoms with Crippen LogP contribution >= 0.6 is 0 Å². The number of aromatic nitrogens is 4. The van der Waals surface area contributed by atoms with Crippen molar-refractivity contribution in [2.24, 2.45) is 0 Å². The van der Waals surface area contributed by atoms with Gasteiger partial charge in [-0.2, -0.15) is 4.68 Å². The maximum absolute atomic E-state index is 5.57. The van der Waals surface area contributed by atoms with Gasteiger partial charge in [-0.3, -0.25) is 0 Å². The highest BCUT2D eigenvalue weighted by molar-refractivity contribution is 5.37. The molecule has 1 aromatic heterocycles. The van der Waals surface area contributed by atoms with E-state index in [0.717, 1.165) is 30.3 Å². The number of hydrogen-bond donors (Lipinski definition) is 1. The molecule has 1 aliphatic rings. The summed E-state index contributed by atoms with van der Waals surface area (Å²) in [6.45, 7) is 3.53. The van der Waals surface area contributed by atoms with Crippen molar-refractivity contribution in [1.82, 2.24) is 25.5 Å². The number of hydrogen-bond acceptors (Lipinski definition) is 5. The standard InChI is InChI=1S/C14H19N5O/c1-2-9-20-13-7-5-12(6-8-13)19-14(16-17-18-19)10-15-11-3-4-11/h5-8,11,15H,2-4,9-10H2,1H3. The van der Waals surface area contributed by atoms with Gasteiger partial charge in [-0.15, -0.1) is 5.10 Å². The first-order chi connectivity index (χ1) is 9.86. The van der Waals surface area contributed by atoms with E-state index in [1.807, 2.05) is 24.3 Å². The molecule has 1 heterocycles. The highest BCUT2D eigenvalue weighted by Gasteiger charge is 2.21. The molecule has 1 saturated carbocycles. The molecule has 6 nitrogen and oxygen atoms in total. The molecule has 2 aromatic rings. The van der Waals surface area contributed by atoms with Crippen molar-refractivity contribution < 1.29 is 4.74 Å². The number of ether oxygens (including phenoxy) is 1. The van der Waals surface area contributed by atoms with Crippen molar-refractivity contribution in [1.29, 1.82) is 0 Å². The molecule has 0 unspecified atom stereocenters. The Balaban J connectivity index is 1.69. The maximum Gasteiger partial charge on any atom is 0.170 e. The smallest absolute Gasteiger partial charge is 0.170 e. The monoisotopic (exact) mass is 273 g/mol. The zero-order valence-corrected chi connectivity index (χ0v) is 11.6. The first kappa shape index (κ1) is 13.1. The van der Waals surface area contributed by atoms with Gasteiger partial charge in [-0.25, -0.2) is 0 Å². The average molecular weight is 273 g/mol. The van der Waals surface area contributed by atoms with Crippen LogP contribution in [0.1, 0.15) is 32.0 Å². The molecule has 20 heavy (non-hydrogen) atoms. The Hall–Kier alpha value is -1.95. The summed E-state index contributed by atoms with van der Waals surface area (Å²) in [5, 5.41) is 15.3. The first-order valence-corrected chi connectivity index (χ1v) is 7.10. The molecule has 1 N–H and O–H groups in total. The van der Waals surface area contributed by atoms with Crippen molar-refractivity contribution in [3.05, 3.63) is 30.1 Å². The fourth-order valence-electron chi connectivity index (χ4n) is 1.94. The molecule has 6 heteroatoms. The third-order valence-corrected chi connectivity index (χ3v) is 3.21. The Labute approximate surface area is 118 Å². The molecule has 0 saturated heterocycles. The molecule has 0 bridgehead atoms. The van der Waals surface area contributed by atoms with Crippen LogP contribution in [0.2, 0.25) is 0 Å². The van der Waals surface area contributed by atoms with Gasteiger partial charge in [0.25, 0.3) is 0 Å². The Bertz CT molecular complexity index is 547. The van der Waals surface area contributed by atoms with Gasteiger partial charge in [0.05, 0.1) is 18.8 Å². The number of nitrogens with one attached hydrogen (secondary N) is 1. The number of nitrogens with zero attached hydrogens (tertiary/aromatic N) is 4. The van der Waals surface area contributed by atoms with Crippen LogP contribution in [0.4, 0.5) is 0 Å². The van der Waals surface area contributed by atoms with Crippen LogP contribution in [-0.4, -0.2) is 32.9 Å². The lowest BCUT2D eigenvalue weighted by Crippen LogP contribution is -2.18. The van der Waals surface area contributed by atoms with Crippen LogP contribution in [0.3, 0.4) is 0 Å². The maximum atomic E-state index is 5.57. The first-order valence-electron chi connectivity index (χ1n) is 7.10. The van der Waals surface area contributed by atoms with Crippen LogP contribution in [0.25, 0.3) is 5.69 Å². The summed E-state index contributed by atoms with van der Waals surface area (Å²) in [7, 11) is 0. The quantitative estimate of drug-likeness (QED) is 0.832. The lowest BCUT2D eigenvalue weighted by molar-refractivity contribution is 0.317. The normalized spacial score (nSPS) is 14.4. The summed E-state index contributed by atoms with van der Waals surface area (Å²) in [4.78, 5) is 0. The summed E-state index contributed by atoms with van der Waals surface area (Å²) in [6, 6.07) is 8.49. The summed E-state index contributed by atoms with van der Waals surface area (Å²) >= 11 is 0. The fourth-order valence-corrected chi connectivity index (χ4v) is 1.94. The summed E-state index contributed by atoms with van der Waals surface area (Å²) < 4.78 is 7.33. The Morgan fingerprint density at radius 2 is 2.10 bits per heavy atom. The van der Waals surface area contributed by atoms with Crippen LogP contribution in [0.5, 0.6) is 5.75 Å². The zero-order valence-electron chi connectivity index (χ0n) is 11.6. The van der Waals surface area contributed by atoms with E-state index in [1.165, 1.54) is 12.8 Å². The largest absolute Gasteiger partial charge is 0.494 e. The molecular weight excluding hydrogens is 254 g/mol. The SMILES string of the molecule is CCCOc1ccc(-n2nnnc2CNC2CC2)cc1. The van der Waals surface area contributed by atoms with Gasteiger partial charge in [0.1, 0.15) is 5.75 Å². The Morgan fingerprint density at radius 3 is 2.80 bits per heavy atom. The van der Waals surface area contributed by atoms with E-state index in [-0.39, 0.29) is 0 Å². The Morgan fingerprint density at radius 1 is 1.30 bits per heavy atom. The van der Waals surface area contributed by atoms with Gasteiger partial charge in [-0.1, -0.05) is 6.92 Å². The minimum absolute atomic E-state index is 0.643. The fraction of sp³-hybridized carbons (Fsp3) is 0.500. The van der Waals surface area contributed by atoms with Crippen LogP contribution in [0, 0.1) is 0 Å². The van der Waals surface area contributed by atoms with E-state index in [0.29, 0.717) is 12.6 Å². The van der Waals surface area contributed by atoms with Crippen molar-refractivity contribution in [3.8, 4) is 11.4 Å². The second kappa shape index (κ2) is 6.00. The van der Waals surface area contributed by atoms with Crippen molar-refractivity contribution in [3.63, 3.8) is 0 Å². The predicted molar refractivity (Wildman–Crippen MR) is 74.8 cm³/mol. The van der Waals surface area contributed by atoms with E-state index in [4.69, 9.17) is 4.74 Å². The Kier molecular flexibility index (Phi) is 3.92. The van der Waals surface area contributed by atoms with E-state index < -0.39 is 0 Å². The van der Waals surface area contributed by atoms with E-state index in [9.17, 15) is 0 Å². The summed E-state index contributed by atoms with van der Waals surface area (Å²) in [6.07, 6.45) is 3.52. The molecule has 0 radical (unpaired) electrons. The van der Waals surface area contributed by atoms with Crippen molar-refractivity contribution >= 4 is 0 Å². The van der Waals surface area contributed by atoms with Crippen molar-refractivity contribution in [2.45, 2.75) is 38.8 Å². The lowest BCUT2D eigenvalue weighted by atomic mass is 10.3. The second-order valence-corrected chi connectivity index (χ2v) is 5.00. The van der Waals surface area contributed by atoms with Crippen molar-refractivity contribution in [2.75, 3.05) is 6.61 Å². The third kappa shape index (κ3) is 3.14. The van der Waals surface area contributed by atoms with Crippen LogP contribution < -0.4 is 10.1 Å². The van der Waals surface area contributed by atoms with Crippen LogP contribution in [0.15, 0.2) is 24.3 Å². The highest BCUT2D eigenvalue weighted by atomic mass is 16.5. The zero-order chi connectivity index (χ0) is 13.8. The van der Waals surface area contributed by atoms with E-state index >= 15 is 0 Å². The number of tetrazole rings is 1. The molecule has 1 aliphatic carbocycles. The molecule has 1 aromatic carbocycles. The highest BCUT2D eigenvalue weighted by Crippen LogP contribution is 2.19. The van der Waals surface area contributed by atoms with Gasteiger partial charge < -0.3 is 10.1 Å². The second-order valence-electron chi connectivity index (χ2n) is 5.00. The number of rotatable bonds is 7. The van der Waals surface area contributed by atoms with Crippen LogP contribution in [-0.2, 0) is 6.54 Å². The molecule has 0 aliphatic heterocycles. The third-order valence-electron chi connectivity index (χ3n) is 3.21. The van der Waals surface area contributed by atoms with E-state index in [2.05, 4.69) is 27.8 Å². The van der Waals surface area contributed by atoms with Gasteiger partial charge in [-0.05, 0) is 54.0 Å².